The predicted octanol–water partition coefficient (Wildman–Crippen LogP) is 2.95. The van der Waals surface area contributed by atoms with Crippen LogP contribution in [0.4, 0.5) is 5.82 Å². The maximum Gasteiger partial charge on any atom is 0.160 e. The Labute approximate surface area is 153 Å². The molecule has 1 fully saturated rings. The number of likely N-dealkylation sites (tertiary alicyclic amines) is 1. The molecule has 0 saturated carbocycles. The summed E-state index contributed by atoms with van der Waals surface area (Å²) in [5.74, 6) is 1.66. The molecule has 134 valence electrons. The van der Waals surface area contributed by atoms with Crippen LogP contribution in [0.15, 0.2) is 54.9 Å². The molecular formula is C20H24N6. The SMILES string of the molecule is Cn1ccnc1-c1ccc(NC2CCCN(Cc3ccccc3)C2)nn1. The van der Waals surface area contributed by atoms with Gasteiger partial charge in [-0.15, -0.1) is 10.2 Å². The Hall–Kier alpha value is -2.73. The molecule has 0 radical (unpaired) electrons. The predicted molar refractivity (Wildman–Crippen MR) is 103 cm³/mol. The standard InChI is InChI=1S/C20H24N6/c1-25-13-11-21-20(25)18-9-10-19(24-23-18)22-17-8-5-12-26(15-17)14-16-6-3-2-4-7-16/h2-4,6-7,9-11,13,17H,5,8,12,14-15H2,1H3,(H,22,24). The lowest BCUT2D eigenvalue weighted by Gasteiger charge is -2.33. The van der Waals surface area contributed by atoms with Crippen molar-refractivity contribution in [3.05, 3.63) is 60.4 Å². The van der Waals surface area contributed by atoms with Crippen LogP contribution < -0.4 is 5.32 Å². The first-order valence-electron chi connectivity index (χ1n) is 9.12. The zero-order valence-corrected chi connectivity index (χ0v) is 15.0. The highest BCUT2D eigenvalue weighted by molar-refractivity contribution is 5.51. The molecule has 0 spiro atoms. The number of piperidine rings is 1. The number of hydrogen-bond donors (Lipinski definition) is 1. The number of anilines is 1. The lowest BCUT2D eigenvalue weighted by Crippen LogP contribution is -2.41. The Bertz CT molecular complexity index is 827. The summed E-state index contributed by atoms with van der Waals surface area (Å²) in [6, 6.07) is 15.0. The van der Waals surface area contributed by atoms with Gasteiger partial charge in [0.25, 0.3) is 0 Å². The van der Waals surface area contributed by atoms with Crippen molar-refractivity contribution in [3.63, 3.8) is 0 Å². The average molecular weight is 348 g/mol. The average Bonchev–Trinajstić information content (AvgIpc) is 3.10. The van der Waals surface area contributed by atoms with Gasteiger partial charge in [0.05, 0.1) is 0 Å². The van der Waals surface area contributed by atoms with Crippen molar-refractivity contribution in [3.8, 4) is 11.5 Å². The molecular weight excluding hydrogens is 324 g/mol. The van der Waals surface area contributed by atoms with Gasteiger partial charge in [-0.3, -0.25) is 4.90 Å². The minimum atomic E-state index is 0.403. The number of benzene rings is 1. The van der Waals surface area contributed by atoms with E-state index in [1.54, 1.807) is 6.20 Å². The second-order valence-electron chi connectivity index (χ2n) is 6.87. The molecule has 2 aromatic heterocycles. The fraction of sp³-hybridized carbons (Fsp3) is 0.350. The summed E-state index contributed by atoms with van der Waals surface area (Å²) in [6.45, 7) is 3.18. The lowest BCUT2D eigenvalue weighted by atomic mass is 10.0. The number of aryl methyl sites for hydroxylation is 1. The van der Waals surface area contributed by atoms with Gasteiger partial charge in [0.15, 0.2) is 5.82 Å². The van der Waals surface area contributed by atoms with Crippen LogP contribution in [0.25, 0.3) is 11.5 Å². The van der Waals surface area contributed by atoms with E-state index < -0.39 is 0 Å². The molecule has 6 heteroatoms. The monoisotopic (exact) mass is 348 g/mol. The number of nitrogens with zero attached hydrogens (tertiary/aromatic N) is 5. The molecule has 4 rings (SSSR count). The van der Waals surface area contributed by atoms with Crippen LogP contribution in [0.1, 0.15) is 18.4 Å². The fourth-order valence-corrected chi connectivity index (χ4v) is 3.51. The van der Waals surface area contributed by atoms with Crippen molar-refractivity contribution in [1.82, 2.24) is 24.6 Å². The molecule has 0 bridgehead atoms. The van der Waals surface area contributed by atoms with Gasteiger partial charge in [0.1, 0.15) is 11.5 Å². The first kappa shape index (κ1) is 16.7. The highest BCUT2D eigenvalue weighted by atomic mass is 15.2. The van der Waals surface area contributed by atoms with Gasteiger partial charge in [0.2, 0.25) is 0 Å². The highest BCUT2D eigenvalue weighted by Crippen LogP contribution is 2.18. The van der Waals surface area contributed by atoms with Crippen LogP contribution >= 0.6 is 0 Å². The maximum absolute atomic E-state index is 4.35. The fourth-order valence-electron chi connectivity index (χ4n) is 3.51. The lowest BCUT2D eigenvalue weighted by molar-refractivity contribution is 0.208. The summed E-state index contributed by atoms with van der Waals surface area (Å²) in [5, 5.41) is 12.2. The number of nitrogens with one attached hydrogen (secondary N) is 1. The van der Waals surface area contributed by atoms with E-state index in [9.17, 15) is 0 Å². The maximum atomic E-state index is 4.35. The quantitative estimate of drug-likeness (QED) is 0.768. The van der Waals surface area contributed by atoms with Crippen LogP contribution in [0.5, 0.6) is 0 Å². The molecule has 1 atom stereocenters. The molecule has 6 nitrogen and oxygen atoms in total. The molecule has 1 aliphatic heterocycles. The summed E-state index contributed by atoms with van der Waals surface area (Å²) in [5.41, 5.74) is 2.16. The van der Waals surface area contributed by atoms with Crippen molar-refractivity contribution in [2.75, 3.05) is 18.4 Å². The number of rotatable bonds is 5. The molecule has 1 saturated heterocycles. The molecule has 1 N–H and O–H groups in total. The van der Waals surface area contributed by atoms with Crippen LogP contribution in [0.3, 0.4) is 0 Å². The van der Waals surface area contributed by atoms with Crippen LogP contribution in [0, 0.1) is 0 Å². The summed E-state index contributed by atoms with van der Waals surface area (Å²) in [4.78, 5) is 6.82. The van der Waals surface area contributed by atoms with E-state index in [1.165, 1.54) is 12.0 Å². The third kappa shape index (κ3) is 3.91. The third-order valence-electron chi connectivity index (χ3n) is 4.82. The number of hydrogen-bond acceptors (Lipinski definition) is 5. The minimum Gasteiger partial charge on any atom is -0.365 e. The number of aromatic nitrogens is 4. The Morgan fingerprint density at radius 2 is 2.00 bits per heavy atom. The number of imidazole rings is 1. The molecule has 3 aromatic rings. The van der Waals surface area contributed by atoms with Gasteiger partial charge in [-0.05, 0) is 37.1 Å². The van der Waals surface area contributed by atoms with Crippen molar-refractivity contribution in [2.24, 2.45) is 7.05 Å². The summed E-state index contributed by atoms with van der Waals surface area (Å²) in [6.07, 6.45) is 6.04. The molecule has 3 heterocycles. The zero-order chi connectivity index (χ0) is 17.8. The third-order valence-corrected chi connectivity index (χ3v) is 4.82. The smallest absolute Gasteiger partial charge is 0.160 e. The van der Waals surface area contributed by atoms with Crippen LogP contribution in [0.2, 0.25) is 0 Å². The van der Waals surface area contributed by atoms with Crippen LogP contribution in [-0.2, 0) is 13.6 Å². The summed E-state index contributed by atoms with van der Waals surface area (Å²) in [7, 11) is 1.96. The van der Waals surface area contributed by atoms with Gasteiger partial charge >= 0.3 is 0 Å². The van der Waals surface area contributed by atoms with E-state index in [0.29, 0.717) is 6.04 Å². The Morgan fingerprint density at radius 1 is 1.12 bits per heavy atom. The first-order valence-corrected chi connectivity index (χ1v) is 9.12. The topological polar surface area (TPSA) is 58.9 Å². The van der Waals surface area contributed by atoms with E-state index >= 15 is 0 Å². The van der Waals surface area contributed by atoms with Crippen molar-refractivity contribution >= 4 is 5.82 Å². The van der Waals surface area contributed by atoms with Gasteiger partial charge in [0, 0.05) is 38.6 Å². The van der Waals surface area contributed by atoms with Gasteiger partial charge in [-0.25, -0.2) is 4.98 Å². The normalized spacial score (nSPS) is 18.0. The van der Waals surface area contributed by atoms with E-state index in [0.717, 1.165) is 43.4 Å². The molecule has 0 aliphatic carbocycles. The minimum absolute atomic E-state index is 0.403. The van der Waals surface area contributed by atoms with E-state index in [2.05, 4.69) is 55.7 Å². The Kier molecular flexibility index (Phi) is 4.93. The zero-order valence-electron chi connectivity index (χ0n) is 15.0. The van der Waals surface area contributed by atoms with Gasteiger partial charge < -0.3 is 9.88 Å². The first-order chi connectivity index (χ1) is 12.8. The summed E-state index contributed by atoms with van der Waals surface area (Å²) < 4.78 is 1.94. The van der Waals surface area contributed by atoms with E-state index in [1.807, 2.05) is 29.9 Å². The molecule has 0 amide bonds. The van der Waals surface area contributed by atoms with Crippen molar-refractivity contribution in [2.45, 2.75) is 25.4 Å². The molecule has 1 aromatic carbocycles. The Balaban J connectivity index is 1.37. The largest absolute Gasteiger partial charge is 0.365 e. The van der Waals surface area contributed by atoms with Gasteiger partial charge in [-0.1, -0.05) is 30.3 Å². The van der Waals surface area contributed by atoms with Crippen molar-refractivity contribution in [1.29, 1.82) is 0 Å². The highest BCUT2D eigenvalue weighted by Gasteiger charge is 2.20. The molecule has 1 aliphatic rings. The second-order valence-corrected chi connectivity index (χ2v) is 6.87. The van der Waals surface area contributed by atoms with E-state index in [4.69, 9.17) is 0 Å². The van der Waals surface area contributed by atoms with Crippen LogP contribution in [-0.4, -0.2) is 43.8 Å². The second kappa shape index (κ2) is 7.66. The molecule has 1 unspecified atom stereocenters. The van der Waals surface area contributed by atoms with Crippen molar-refractivity contribution < 1.29 is 0 Å². The molecule has 26 heavy (non-hydrogen) atoms. The van der Waals surface area contributed by atoms with Gasteiger partial charge in [-0.2, -0.15) is 0 Å². The Morgan fingerprint density at radius 3 is 2.73 bits per heavy atom. The summed E-state index contributed by atoms with van der Waals surface area (Å²) >= 11 is 0. The van der Waals surface area contributed by atoms with E-state index in [-0.39, 0.29) is 0 Å².